The molecule has 0 unspecified atom stereocenters. The van der Waals surface area contributed by atoms with Crippen LogP contribution in [0.1, 0.15) is 30.9 Å². The zero-order chi connectivity index (χ0) is 12.6. The summed E-state index contributed by atoms with van der Waals surface area (Å²) in [5, 5.41) is 4.74. The number of hydrogen-bond acceptors (Lipinski definition) is 3. The number of hydrogen-bond donors (Lipinski definition) is 1. The van der Waals surface area contributed by atoms with Gasteiger partial charge in [0.25, 0.3) is 0 Å². The normalized spacial score (nSPS) is 11.1. The third-order valence-corrected chi connectivity index (χ3v) is 3.19. The number of nitrogen functional groups attached to an aromatic ring is 1. The maximum Gasteiger partial charge on any atom is 0.226 e. The third kappa shape index (κ3) is 2.15. The van der Waals surface area contributed by atoms with E-state index in [1.54, 1.807) is 0 Å². The fourth-order valence-corrected chi connectivity index (χ4v) is 2.00. The van der Waals surface area contributed by atoms with Crippen molar-refractivity contribution < 1.29 is 4.52 Å². The van der Waals surface area contributed by atoms with Gasteiger partial charge in [-0.3, -0.25) is 0 Å². The van der Waals surface area contributed by atoms with Crippen molar-refractivity contribution in [3.8, 4) is 11.3 Å². The Balaban J connectivity index is 2.56. The van der Waals surface area contributed by atoms with Crippen LogP contribution in [0.2, 0.25) is 5.02 Å². The van der Waals surface area contributed by atoms with Crippen LogP contribution in [-0.4, -0.2) is 5.16 Å². The summed E-state index contributed by atoms with van der Waals surface area (Å²) in [5.74, 6) is 0.642. The van der Waals surface area contributed by atoms with Gasteiger partial charge < -0.3 is 10.3 Å². The Morgan fingerprint density at radius 1 is 1.35 bits per heavy atom. The molecule has 4 heteroatoms. The zero-order valence-electron chi connectivity index (χ0n) is 10.1. The molecule has 3 nitrogen and oxygen atoms in total. The molecule has 0 bridgehead atoms. The standard InChI is InChI=1S/C13H15ClN2O/c1-7(2)11-12(16-17-13(11)15)9-5-4-8(3)10(14)6-9/h4-7H,15H2,1-3H3. The molecule has 0 aliphatic heterocycles. The van der Waals surface area contributed by atoms with Crippen LogP contribution in [0.25, 0.3) is 11.3 Å². The Hall–Kier alpha value is -1.48. The SMILES string of the molecule is Cc1ccc(-c2noc(N)c2C(C)C)cc1Cl. The van der Waals surface area contributed by atoms with E-state index < -0.39 is 0 Å². The molecule has 0 amide bonds. The smallest absolute Gasteiger partial charge is 0.226 e. The molecule has 0 fully saturated rings. The van der Waals surface area contributed by atoms with Crippen LogP contribution in [0.15, 0.2) is 22.7 Å². The van der Waals surface area contributed by atoms with Crippen molar-refractivity contribution in [3.63, 3.8) is 0 Å². The summed E-state index contributed by atoms with van der Waals surface area (Å²) >= 11 is 6.11. The van der Waals surface area contributed by atoms with Gasteiger partial charge in [-0.1, -0.05) is 42.7 Å². The molecule has 0 aliphatic carbocycles. The van der Waals surface area contributed by atoms with Crippen molar-refractivity contribution in [2.45, 2.75) is 26.7 Å². The fraction of sp³-hybridized carbons (Fsp3) is 0.308. The van der Waals surface area contributed by atoms with Crippen molar-refractivity contribution in [1.29, 1.82) is 0 Å². The number of benzene rings is 1. The van der Waals surface area contributed by atoms with Crippen molar-refractivity contribution in [2.75, 3.05) is 5.73 Å². The number of nitrogens with two attached hydrogens (primary N) is 1. The lowest BCUT2D eigenvalue weighted by Gasteiger charge is -2.06. The molecule has 0 saturated heterocycles. The van der Waals surface area contributed by atoms with Crippen LogP contribution in [0.4, 0.5) is 5.88 Å². The summed E-state index contributed by atoms with van der Waals surface area (Å²) < 4.78 is 5.07. The third-order valence-electron chi connectivity index (χ3n) is 2.78. The number of aromatic nitrogens is 1. The predicted octanol–water partition coefficient (Wildman–Crippen LogP) is 4.01. The van der Waals surface area contributed by atoms with Gasteiger partial charge in [0, 0.05) is 16.1 Å². The molecule has 0 atom stereocenters. The fourth-order valence-electron chi connectivity index (χ4n) is 1.82. The Morgan fingerprint density at radius 2 is 2.06 bits per heavy atom. The van der Waals surface area contributed by atoms with Gasteiger partial charge in [-0.15, -0.1) is 0 Å². The topological polar surface area (TPSA) is 52.0 Å². The molecule has 1 aromatic carbocycles. The van der Waals surface area contributed by atoms with E-state index in [0.717, 1.165) is 27.4 Å². The van der Waals surface area contributed by atoms with E-state index in [0.29, 0.717) is 5.88 Å². The largest absolute Gasteiger partial charge is 0.367 e. The van der Waals surface area contributed by atoms with Crippen LogP contribution in [0.5, 0.6) is 0 Å². The number of anilines is 1. The van der Waals surface area contributed by atoms with E-state index in [1.807, 2.05) is 25.1 Å². The molecule has 0 radical (unpaired) electrons. The van der Waals surface area contributed by atoms with Crippen LogP contribution in [-0.2, 0) is 0 Å². The Kier molecular flexibility index (Phi) is 3.11. The van der Waals surface area contributed by atoms with Gasteiger partial charge in [0.05, 0.1) is 0 Å². The second-order valence-electron chi connectivity index (χ2n) is 4.43. The van der Waals surface area contributed by atoms with Gasteiger partial charge in [0.1, 0.15) is 5.69 Å². The summed E-state index contributed by atoms with van der Waals surface area (Å²) in [6.45, 7) is 6.08. The maximum absolute atomic E-state index is 6.11. The minimum absolute atomic E-state index is 0.260. The van der Waals surface area contributed by atoms with Crippen LogP contribution < -0.4 is 5.73 Å². The molecule has 0 aliphatic rings. The van der Waals surface area contributed by atoms with E-state index in [4.69, 9.17) is 21.9 Å². The molecule has 90 valence electrons. The van der Waals surface area contributed by atoms with Crippen molar-refractivity contribution in [3.05, 3.63) is 34.3 Å². The highest BCUT2D eigenvalue weighted by Gasteiger charge is 2.18. The highest BCUT2D eigenvalue weighted by Crippen LogP contribution is 2.34. The van der Waals surface area contributed by atoms with Gasteiger partial charge >= 0.3 is 0 Å². The van der Waals surface area contributed by atoms with Crippen LogP contribution >= 0.6 is 11.6 Å². The lowest BCUT2D eigenvalue weighted by atomic mass is 9.98. The van der Waals surface area contributed by atoms with Crippen LogP contribution in [0.3, 0.4) is 0 Å². The quantitative estimate of drug-likeness (QED) is 0.876. The van der Waals surface area contributed by atoms with Crippen LogP contribution in [0, 0.1) is 6.92 Å². The second-order valence-corrected chi connectivity index (χ2v) is 4.83. The first kappa shape index (κ1) is 12.0. The summed E-state index contributed by atoms with van der Waals surface area (Å²) in [6, 6.07) is 5.83. The summed E-state index contributed by atoms with van der Waals surface area (Å²) in [6.07, 6.45) is 0. The van der Waals surface area contributed by atoms with Crippen molar-refractivity contribution >= 4 is 17.5 Å². The predicted molar refractivity (Wildman–Crippen MR) is 70.2 cm³/mol. The van der Waals surface area contributed by atoms with Gasteiger partial charge in [0.2, 0.25) is 5.88 Å². The Labute approximate surface area is 106 Å². The maximum atomic E-state index is 6.11. The molecule has 2 aromatic rings. The Bertz CT molecular complexity index is 546. The minimum Gasteiger partial charge on any atom is -0.367 e. The second kappa shape index (κ2) is 4.41. The van der Waals surface area contributed by atoms with Gasteiger partial charge in [-0.05, 0) is 24.5 Å². The van der Waals surface area contributed by atoms with E-state index in [2.05, 4.69) is 19.0 Å². The van der Waals surface area contributed by atoms with Gasteiger partial charge in [-0.25, -0.2) is 0 Å². The summed E-state index contributed by atoms with van der Waals surface area (Å²) in [4.78, 5) is 0. The number of nitrogens with zero attached hydrogens (tertiary/aromatic N) is 1. The Morgan fingerprint density at radius 3 is 2.65 bits per heavy atom. The monoisotopic (exact) mass is 250 g/mol. The molecule has 0 saturated carbocycles. The highest BCUT2D eigenvalue weighted by molar-refractivity contribution is 6.31. The van der Waals surface area contributed by atoms with E-state index >= 15 is 0 Å². The number of aryl methyl sites for hydroxylation is 1. The zero-order valence-corrected chi connectivity index (χ0v) is 10.9. The molecule has 2 rings (SSSR count). The molecular formula is C13H15ClN2O. The average molecular weight is 251 g/mol. The van der Waals surface area contributed by atoms with Gasteiger partial charge in [-0.2, -0.15) is 0 Å². The first-order chi connectivity index (χ1) is 8.00. The molecular weight excluding hydrogens is 236 g/mol. The van der Waals surface area contributed by atoms with Crippen molar-refractivity contribution in [1.82, 2.24) is 5.16 Å². The first-order valence-electron chi connectivity index (χ1n) is 5.52. The lowest BCUT2D eigenvalue weighted by molar-refractivity contribution is 0.438. The molecule has 2 N–H and O–H groups in total. The lowest BCUT2D eigenvalue weighted by Crippen LogP contribution is -1.94. The minimum atomic E-state index is 0.260. The van der Waals surface area contributed by atoms with Crippen molar-refractivity contribution in [2.24, 2.45) is 0 Å². The van der Waals surface area contributed by atoms with E-state index in [1.165, 1.54) is 0 Å². The first-order valence-corrected chi connectivity index (χ1v) is 5.90. The summed E-state index contributed by atoms with van der Waals surface area (Å²) in [5.41, 5.74) is 9.47. The molecule has 0 spiro atoms. The molecule has 1 heterocycles. The molecule has 1 aromatic heterocycles. The average Bonchev–Trinajstić information content (AvgIpc) is 2.64. The number of halogens is 1. The van der Waals surface area contributed by atoms with E-state index in [9.17, 15) is 0 Å². The highest BCUT2D eigenvalue weighted by atomic mass is 35.5. The van der Waals surface area contributed by atoms with Gasteiger partial charge in [0.15, 0.2) is 0 Å². The summed E-state index contributed by atoms with van der Waals surface area (Å²) in [7, 11) is 0. The number of rotatable bonds is 2. The van der Waals surface area contributed by atoms with E-state index in [-0.39, 0.29) is 5.92 Å². The molecule has 17 heavy (non-hydrogen) atoms.